The lowest BCUT2D eigenvalue weighted by Gasteiger charge is -1.93. The van der Waals surface area contributed by atoms with Gasteiger partial charge in [0.05, 0.1) is 10.7 Å². The van der Waals surface area contributed by atoms with Crippen LogP contribution in [0.25, 0.3) is 0 Å². The van der Waals surface area contributed by atoms with Gasteiger partial charge in [-0.2, -0.15) is 9.49 Å². The molecule has 1 heterocycles. The number of anilines is 1. The van der Waals surface area contributed by atoms with E-state index in [1.165, 1.54) is 6.20 Å². The highest BCUT2D eigenvalue weighted by Gasteiger charge is 2.01. The molecule has 0 aliphatic rings. The minimum absolute atomic E-state index is 0.00926. The van der Waals surface area contributed by atoms with Crippen molar-refractivity contribution in [1.29, 1.82) is 0 Å². The van der Waals surface area contributed by atoms with E-state index in [9.17, 15) is 4.39 Å². The van der Waals surface area contributed by atoms with Gasteiger partial charge in [0, 0.05) is 0 Å². The lowest BCUT2D eigenvalue weighted by molar-refractivity contribution is 0.567. The Bertz CT molecular complexity index is 207. The molecule has 0 aromatic carbocycles. The first-order chi connectivity index (χ1) is 4.22. The summed E-state index contributed by atoms with van der Waals surface area (Å²) < 4.78 is 12.7. The highest BCUT2D eigenvalue weighted by atomic mass is 79.9. The van der Waals surface area contributed by atoms with Gasteiger partial charge in [-0.15, -0.1) is 5.10 Å². The first kappa shape index (κ1) is 6.41. The van der Waals surface area contributed by atoms with E-state index in [2.05, 4.69) is 26.1 Å². The second-order valence-corrected chi connectivity index (χ2v) is 2.25. The number of hydrogen-bond donors (Lipinski definition) is 1. The lowest BCUT2D eigenvalue weighted by Crippen LogP contribution is -1.96. The minimum atomic E-state index is -0.746. The molecule has 3 nitrogen and oxygen atoms in total. The standard InChI is InChI=1S/C4H3BrFN3/c5-2-1-8-9-4(6)3(2)7/h1H,(H2,7,8). The molecule has 1 aromatic rings. The van der Waals surface area contributed by atoms with Crippen molar-refractivity contribution in [2.24, 2.45) is 0 Å². The molecular weight excluding hydrogens is 189 g/mol. The van der Waals surface area contributed by atoms with E-state index in [0.717, 1.165) is 0 Å². The van der Waals surface area contributed by atoms with Crippen LogP contribution < -0.4 is 5.73 Å². The summed E-state index contributed by atoms with van der Waals surface area (Å²) in [7, 11) is 0. The van der Waals surface area contributed by atoms with E-state index in [1.807, 2.05) is 0 Å². The summed E-state index contributed by atoms with van der Waals surface area (Å²) in [5.41, 5.74) is 5.15. The Kier molecular flexibility index (Phi) is 1.61. The zero-order chi connectivity index (χ0) is 6.85. The van der Waals surface area contributed by atoms with Crippen LogP contribution in [-0.4, -0.2) is 10.2 Å². The van der Waals surface area contributed by atoms with Gasteiger partial charge in [-0.05, 0) is 15.9 Å². The maximum atomic E-state index is 12.3. The molecule has 0 aliphatic heterocycles. The van der Waals surface area contributed by atoms with Gasteiger partial charge in [0.1, 0.15) is 5.69 Å². The van der Waals surface area contributed by atoms with E-state index in [1.54, 1.807) is 0 Å². The molecule has 1 aromatic heterocycles. The van der Waals surface area contributed by atoms with Gasteiger partial charge in [-0.25, -0.2) is 0 Å². The number of nitrogens with zero attached hydrogens (tertiary/aromatic N) is 2. The Labute approximate surface area is 59.2 Å². The second-order valence-electron chi connectivity index (χ2n) is 1.40. The van der Waals surface area contributed by atoms with Crippen LogP contribution >= 0.6 is 15.9 Å². The Balaban J connectivity index is 3.25. The molecule has 0 atom stereocenters. The zero-order valence-electron chi connectivity index (χ0n) is 4.31. The Hall–Kier alpha value is -0.710. The summed E-state index contributed by atoms with van der Waals surface area (Å²) in [6, 6.07) is 0. The van der Waals surface area contributed by atoms with Crippen LogP contribution in [0, 0.1) is 5.95 Å². The number of nitrogens with two attached hydrogens (primary N) is 1. The molecule has 2 N–H and O–H groups in total. The first-order valence-electron chi connectivity index (χ1n) is 2.14. The van der Waals surface area contributed by atoms with Crippen LogP contribution in [0.5, 0.6) is 0 Å². The molecule has 0 bridgehead atoms. The third-order valence-electron chi connectivity index (χ3n) is 0.796. The van der Waals surface area contributed by atoms with E-state index < -0.39 is 5.95 Å². The van der Waals surface area contributed by atoms with Gasteiger partial charge < -0.3 is 5.73 Å². The van der Waals surface area contributed by atoms with Crippen molar-refractivity contribution in [1.82, 2.24) is 10.2 Å². The van der Waals surface area contributed by atoms with Crippen LogP contribution in [0.4, 0.5) is 10.1 Å². The smallest absolute Gasteiger partial charge is 0.257 e. The maximum Gasteiger partial charge on any atom is 0.257 e. The molecule has 0 saturated heterocycles. The van der Waals surface area contributed by atoms with Crippen LogP contribution in [0.2, 0.25) is 0 Å². The van der Waals surface area contributed by atoms with Crippen molar-refractivity contribution in [3.63, 3.8) is 0 Å². The van der Waals surface area contributed by atoms with Gasteiger partial charge in [-0.1, -0.05) is 0 Å². The van der Waals surface area contributed by atoms with E-state index in [-0.39, 0.29) is 5.69 Å². The average Bonchev–Trinajstić information content (AvgIpc) is 1.83. The Morgan fingerprint density at radius 3 is 2.78 bits per heavy atom. The van der Waals surface area contributed by atoms with Gasteiger partial charge in [0.2, 0.25) is 0 Å². The van der Waals surface area contributed by atoms with Gasteiger partial charge in [0.15, 0.2) is 0 Å². The highest BCUT2D eigenvalue weighted by molar-refractivity contribution is 9.10. The molecule has 0 fully saturated rings. The van der Waals surface area contributed by atoms with Gasteiger partial charge in [0.25, 0.3) is 5.95 Å². The predicted octanol–water partition coefficient (Wildman–Crippen LogP) is 0.960. The lowest BCUT2D eigenvalue weighted by atomic mass is 10.5. The quantitative estimate of drug-likeness (QED) is 0.665. The molecule has 0 amide bonds. The number of halogens is 2. The first-order valence-corrected chi connectivity index (χ1v) is 2.93. The van der Waals surface area contributed by atoms with Crippen molar-refractivity contribution in [2.75, 3.05) is 5.73 Å². The Morgan fingerprint density at radius 1 is 1.67 bits per heavy atom. The summed E-state index contributed by atoms with van der Waals surface area (Å²) in [4.78, 5) is 0. The number of aromatic nitrogens is 2. The summed E-state index contributed by atoms with van der Waals surface area (Å²) >= 11 is 2.98. The molecular formula is C4H3BrFN3. The van der Waals surface area contributed by atoms with Crippen LogP contribution in [0.1, 0.15) is 0 Å². The van der Waals surface area contributed by atoms with Crippen molar-refractivity contribution >= 4 is 21.6 Å². The van der Waals surface area contributed by atoms with Crippen molar-refractivity contribution < 1.29 is 4.39 Å². The molecule has 1 rings (SSSR count). The second kappa shape index (κ2) is 2.26. The maximum absolute atomic E-state index is 12.3. The summed E-state index contributed by atoms with van der Waals surface area (Å²) in [5, 5.41) is 6.36. The van der Waals surface area contributed by atoms with E-state index in [4.69, 9.17) is 5.73 Å². The summed E-state index contributed by atoms with van der Waals surface area (Å²) in [6.07, 6.45) is 1.33. The normalized spacial score (nSPS) is 9.56. The molecule has 9 heavy (non-hydrogen) atoms. The number of rotatable bonds is 0. The molecule has 0 unspecified atom stereocenters. The molecule has 48 valence electrons. The third kappa shape index (κ3) is 1.16. The van der Waals surface area contributed by atoms with Crippen LogP contribution in [0.3, 0.4) is 0 Å². The third-order valence-corrected chi connectivity index (χ3v) is 1.43. The fourth-order valence-electron chi connectivity index (χ4n) is 0.352. The Morgan fingerprint density at radius 2 is 2.33 bits per heavy atom. The largest absolute Gasteiger partial charge is 0.394 e. The fourth-order valence-corrected chi connectivity index (χ4v) is 0.607. The minimum Gasteiger partial charge on any atom is -0.394 e. The molecule has 5 heteroatoms. The van der Waals surface area contributed by atoms with Crippen molar-refractivity contribution in [3.05, 3.63) is 16.6 Å². The summed E-state index contributed by atoms with van der Waals surface area (Å²) in [6.45, 7) is 0. The average molecular weight is 192 g/mol. The SMILES string of the molecule is Nc1c(Br)cnnc1F. The van der Waals surface area contributed by atoms with Crippen molar-refractivity contribution in [3.8, 4) is 0 Å². The molecule has 0 saturated carbocycles. The van der Waals surface area contributed by atoms with Gasteiger partial charge in [-0.3, -0.25) is 0 Å². The van der Waals surface area contributed by atoms with Crippen LogP contribution in [0.15, 0.2) is 10.7 Å². The van der Waals surface area contributed by atoms with Crippen molar-refractivity contribution in [2.45, 2.75) is 0 Å². The van der Waals surface area contributed by atoms with E-state index >= 15 is 0 Å². The zero-order valence-corrected chi connectivity index (χ0v) is 5.89. The topological polar surface area (TPSA) is 51.8 Å². The fraction of sp³-hybridized carbons (Fsp3) is 0. The molecule has 0 aliphatic carbocycles. The molecule has 0 spiro atoms. The number of hydrogen-bond acceptors (Lipinski definition) is 3. The molecule has 0 radical (unpaired) electrons. The predicted molar refractivity (Wildman–Crippen MR) is 34.1 cm³/mol. The monoisotopic (exact) mass is 191 g/mol. The van der Waals surface area contributed by atoms with Gasteiger partial charge >= 0.3 is 0 Å². The number of nitrogen functional groups attached to an aromatic ring is 1. The highest BCUT2D eigenvalue weighted by Crippen LogP contribution is 2.17. The summed E-state index contributed by atoms with van der Waals surface area (Å²) in [5.74, 6) is -0.746. The van der Waals surface area contributed by atoms with Crippen LogP contribution in [-0.2, 0) is 0 Å². The van der Waals surface area contributed by atoms with E-state index in [0.29, 0.717) is 4.47 Å².